The zero-order valence-electron chi connectivity index (χ0n) is 11.7. The maximum absolute atomic E-state index is 2.41. The second kappa shape index (κ2) is 7.09. The Bertz CT molecular complexity index is 178. The molecule has 4 atom stereocenters. The van der Waals surface area contributed by atoms with E-state index in [0.29, 0.717) is 0 Å². The first-order valence-corrected chi connectivity index (χ1v) is 6.52. The van der Waals surface area contributed by atoms with Crippen LogP contribution in [0.15, 0.2) is 12.2 Å². The average molecular weight is 210 g/mol. The van der Waals surface area contributed by atoms with Crippen LogP contribution < -0.4 is 0 Å². The Morgan fingerprint density at radius 1 is 0.867 bits per heavy atom. The molecule has 0 saturated heterocycles. The molecule has 0 heteroatoms. The predicted octanol–water partition coefficient (Wildman–Crippen LogP) is 5.15. The van der Waals surface area contributed by atoms with Gasteiger partial charge in [-0.3, -0.25) is 0 Å². The Kier molecular flexibility index (Phi) is 6.96. The number of hydrogen-bond acceptors (Lipinski definition) is 0. The molecule has 0 spiro atoms. The third kappa shape index (κ3) is 5.39. The molecule has 0 nitrogen and oxygen atoms in total. The van der Waals surface area contributed by atoms with Gasteiger partial charge in [0.05, 0.1) is 0 Å². The lowest BCUT2D eigenvalue weighted by Gasteiger charge is -2.30. The van der Waals surface area contributed by atoms with Gasteiger partial charge in [0.1, 0.15) is 0 Å². The first-order chi connectivity index (χ1) is 6.90. The molecule has 90 valence electrons. The zero-order chi connectivity index (χ0) is 12.0. The molecule has 0 aromatic rings. The van der Waals surface area contributed by atoms with E-state index in [4.69, 9.17) is 0 Å². The molecule has 0 aromatic heterocycles. The molecule has 0 aliphatic carbocycles. The molecule has 4 unspecified atom stereocenters. The van der Waals surface area contributed by atoms with Crippen molar-refractivity contribution in [3.05, 3.63) is 12.2 Å². The van der Waals surface area contributed by atoms with Gasteiger partial charge in [-0.2, -0.15) is 0 Å². The number of allylic oxidation sites excluding steroid dienone is 2. The molecule has 0 rings (SSSR count). The fourth-order valence-corrected chi connectivity index (χ4v) is 2.33. The Balaban J connectivity index is 4.14. The third-order valence-corrected chi connectivity index (χ3v) is 4.04. The normalized spacial score (nSPS) is 20.5. The van der Waals surface area contributed by atoms with Crippen LogP contribution in [0.4, 0.5) is 0 Å². The average Bonchev–Trinajstić information content (AvgIpc) is 2.15. The van der Waals surface area contributed by atoms with Gasteiger partial charge in [0.25, 0.3) is 0 Å². The summed E-state index contributed by atoms with van der Waals surface area (Å²) in [5.41, 5.74) is 0. The molecule has 0 N–H and O–H groups in total. The van der Waals surface area contributed by atoms with Crippen LogP contribution in [0, 0.1) is 29.6 Å². The van der Waals surface area contributed by atoms with E-state index < -0.39 is 0 Å². The van der Waals surface area contributed by atoms with Crippen LogP contribution in [0.25, 0.3) is 0 Å². The Morgan fingerprint density at radius 3 is 1.80 bits per heavy atom. The first-order valence-electron chi connectivity index (χ1n) is 6.52. The summed E-state index contributed by atoms with van der Waals surface area (Å²) in [5, 5.41) is 0. The molecule has 15 heavy (non-hydrogen) atoms. The van der Waals surface area contributed by atoms with Crippen LogP contribution in [-0.4, -0.2) is 0 Å². The van der Waals surface area contributed by atoms with Crippen LogP contribution in [0.3, 0.4) is 0 Å². The van der Waals surface area contributed by atoms with Gasteiger partial charge in [-0.1, -0.05) is 53.7 Å². The number of rotatable bonds is 6. The summed E-state index contributed by atoms with van der Waals surface area (Å²) >= 11 is 0. The summed E-state index contributed by atoms with van der Waals surface area (Å²) in [6, 6.07) is 0. The highest BCUT2D eigenvalue weighted by Crippen LogP contribution is 2.30. The molecular formula is C15H30. The van der Waals surface area contributed by atoms with Crippen molar-refractivity contribution in [1.29, 1.82) is 0 Å². The van der Waals surface area contributed by atoms with Crippen molar-refractivity contribution in [3.63, 3.8) is 0 Å². The van der Waals surface area contributed by atoms with Gasteiger partial charge in [-0.05, 0) is 42.9 Å². The van der Waals surface area contributed by atoms with Crippen molar-refractivity contribution in [2.24, 2.45) is 29.6 Å². The highest BCUT2D eigenvalue weighted by molar-refractivity contribution is 4.85. The standard InChI is InChI=1S/C15H30/c1-8-9-12(4)10-13(5)15(7)14(6)11(2)3/h8-9,11-15H,10H2,1-7H3. The topological polar surface area (TPSA) is 0 Å². The minimum atomic E-state index is 0.729. The molecule has 0 aliphatic heterocycles. The molecule has 0 bridgehead atoms. The van der Waals surface area contributed by atoms with E-state index in [1.165, 1.54) is 6.42 Å². The molecule has 0 heterocycles. The van der Waals surface area contributed by atoms with Crippen molar-refractivity contribution in [1.82, 2.24) is 0 Å². The van der Waals surface area contributed by atoms with E-state index in [9.17, 15) is 0 Å². The van der Waals surface area contributed by atoms with E-state index in [1.54, 1.807) is 0 Å². The van der Waals surface area contributed by atoms with Gasteiger partial charge in [0.15, 0.2) is 0 Å². The number of hydrogen-bond donors (Lipinski definition) is 0. The van der Waals surface area contributed by atoms with E-state index in [2.05, 4.69) is 60.6 Å². The van der Waals surface area contributed by atoms with Gasteiger partial charge in [-0.25, -0.2) is 0 Å². The van der Waals surface area contributed by atoms with E-state index in [-0.39, 0.29) is 0 Å². The van der Waals surface area contributed by atoms with Crippen molar-refractivity contribution >= 4 is 0 Å². The summed E-state index contributed by atoms with van der Waals surface area (Å²) < 4.78 is 0. The Labute approximate surface area is 97.2 Å². The van der Waals surface area contributed by atoms with Crippen molar-refractivity contribution in [3.8, 4) is 0 Å². The van der Waals surface area contributed by atoms with Gasteiger partial charge in [0.2, 0.25) is 0 Å². The molecular weight excluding hydrogens is 180 g/mol. The maximum Gasteiger partial charge on any atom is -0.0259 e. The monoisotopic (exact) mass is 210 g/mol. The van der Waals surface area contributed by atoms with E-state index in [1.807, 2.05) is 0 Å². The van der Waals surface area contributed by atoms with Gasteiger partial charge in [0, 0.05) is 0 Å². The van der Waals surface area contributed by atoms with Crippen LogP contribution in [-0.2, 0) is 0 Å². The van der Waals surface area contributed by atoms with Crippen molar-refractivity contribution < 1.29 is 0 Å². The summed E-state index contributed by atoms with van der Waals surface area (Å²) in [6.07, 6.45) is 5.82. The Hall–Kier alpha value is -0.260. The molecule has 0 saturated carbocycles. The van der Waals surface area contributed by atoms with Crippen LogP contribution in [0.5, 0.6) is 0 Å². The van der Waals surface area contributed by atoms with Gasteiger partial charge in [-0.15, -0.1) is 0 Å². The van der Waals surface area contributed by atoms with E-state index >= 15 is 0 Å². The van der Waals surface area contributed by atoms with Crippen LogP contribution >= 0.6 is 0 Å². The van der Waals surface area contributed by atoms with Gasteiger partial charge < -0.3 is 0 Å². The molecule has 0 radical (unpaired) electrons. The van der Waals surface area contributed by atoms with Crippen molar-refractivity contribution in [2.45, 2.75) is 54.9 Å². The smallest absolute Gasteiger partial charge is 0.0259 e. The lowest BCUT2D eigenvalue weighted by atomic mass is 9.76. The summed E-state index contributed by atoms with van der Waals surface area (Å²) in [6.45, 7) is 16.3. The molecule has 0 amide bonds. The highest BCUT2D eigenvalue weighted by Gasteiger charge is 2.22. The minimum Gasteiger partial charge on any atom is -0.0914 e. The highest BCUT2D eigenvalue weighted by atomic mass is 14.3. The molecule has 0 aromatic carbocycles. The summed E-state index contributed by atoms with van der Waals surface area (Å²) in [4.78, 5) is 0. The summed E-state index contributed by atoms with van der Waals surface area (Å²) in [5.74, 6) is 4.02. The largest absolute Gasteiger partial charge is 0.0914 e. The predicted molar refractivity (Wildman–Crippen MR) is 70.9 cm³/mol. The van der Waals surface area contributed by atoms with Gasteiger partial charge >= 0.3 is 0 Å². The second-order valence-electron chi connectivity index (χ2n) is 5.68. The maximum atomic E-state index is 2.41. The quantitative estimate of drug-likeness (QED) is 0.532. The minimum absolute atomic E-state index is 0.729. The summed E-state index contributed by atoms with van der Waals surface area (Å²) in [7, 11) is 0. The Morgan fingerprint density at radius 2 is 1.40 bits per heavy atom. The molecule has 0 aliphatic rings. The first kappa shape index (κ1) is 14.7. The molecule has 0 fully saturated rings. The lowest BCUT2D eigenvalue weighted by Crippen LogP contribution is -2.22. The van der Waals surface area contributed by atoms with Crippen LogP contribution in [0.2, 0.25) is 0 Å². The van der Waals surface area contributed by atoms with Crippen molar-refractivity contribution in [2.75, 3.05) is 0 Å². The zero-order valence-corrected chi connectivity index (χ0v) is 11.7. The van der Waals surface area contributed by atoms with Crippen LogP contribution in [0.1, 0.15) is 54.9 Å². The van der Waals surface area contributed by atoms with E-state index in [0.717, 1.165) is 29.6 Å². The third-order valence-electron chi connectivity index (χ3n) is 4.04. The fraction of sp³-hybridized carbons (Fsp3) is 0.867. The second-order valence-corrected chi connectivity index (χ2v) is 5.68. The lowest BCUT2D eigenvalue weighted by molar-refractivity contribution is 0.205. The SMILES string of the molecule is CC=CC(C)CC(C)C(C)C(C)C(C)C. The fourth-order valence-electron chi connectivity index (χ4n) is 2.33.